The molecule has 1 aliphatic heterocycles. The Morgan fingerprint density at radius 3 is 2.61 bits per heavy atom. The Kier molecular flexibility index (Phi) is 7.14. The van der Waals surface area contributed by atoms with Crippen LogP contribution in [0.1, 0.15) is 56.6 Å². The summed E-state index contributed by atoms with van der Waals surface area (Å²) in [5.74, 6) is -0.184. The summed E-state index contributed by atoms with van der Waals surface area (Å²) in [5, 5.41) is 3.08. The third-order valence-electron chi connectivity index (χ3n) is 5.98. The van der Waals surface area contributed by atoms with E-state index in [1.54, 1.807) is 17.9 Å². The van der Waals surface area contributed by atoms with E-state index < -0.39 is 11.4 Å². The van der Waals surface area contributed by atoms with Gasteiger partial charge in [0.05, 0.1) is 17.7 Å². The number of aromatic amines is 1. The largest absolute Gasteiger partial charge is 0.493 e. The fraction of sp³-hybridized carbons (Fsp3) is 0.462. The van der Waals surface area contributed by atoms with Crippen molar-refractivity contribution in [1.29, 1.82) is 0 Å². The van der Waals surface area contributed by atoms with Gasteiger partial charge in [-0.25, -0.2) is 19.2 Å². The van der Waals surface area contributed by atoms with E-state index in [-0.39, 0.29) is 18.0 Å². The fourth-order valence-electron chi connectivity index (χ4n) is 4.36. The van der Waals surface area contributed by atoms with Gasteiger partial charge in [0, 0.05) is 30.4 Å². The summed E-state index contributed by atoms with van der Waals surface area (Å²) in [6, 6.07) is 4.17. The zero-order valence-corrected chi connectivity index (χ0v) is 21.3. The Hall–Kier alpha value is -3.69. The van der Waals surface area contributed by atoms with Crippen LogP contribution in [-0.2, 0) is 4.74 Å². The highest BCUT2D eigenvalue weighted by Gasteiger charge is 2.29. The summed E-state index contributed by atoms with van der Waals surface area (Å²) in [5.41, 5.74) is 2.41. The molecular weight excluding hydrogens is 465 g/mol. The number of fused-ring (bicyclic) bond motifs is 1. The van der Waals surface area contributed by atoms with Crippen LogP contribution in [0.2, 0.25) is 0 Å². The number of carbonyl (C=O) groups is 2. The van der Waals surface area contributed by atoms with Crippen LogP contribution in [0.4, 0.5) is 9.18 Å². The van der Waals surface area contributed by atoms with Gasteiger partial charge in [-0.05, 0) is 65.7 Å². The van der Waals surface area contributed by atoms with Crippen molar-refractivity contribution in [3.63, 3.8) is 0 Å². The number of nitrogens with zero attached hydrogens (tertiary/aromatic N) is 3. The normalized spacial score (nSPS) is 14.7. The number of halogens is 1. The molecule has 1 aliphatic rings. The zero-order chi connectivity index (χ0) is 26.0. The molecule has 0 saturated carbocycles. The van der Waals surface area contributed by atoms with E-state index in [0.717, 1.165) is 0 Å². The van der Waals surface area contributed by atoms with Crippen molar-refractivity contribution in [1.82, 2.24) is 25.2 Å². The minimum atomic E-state index is -0.551. The van der Waals surface area contributed by atoms with Gasteiger partial charge in [0.2, 0.25) is 0 Å². The highest BCUT2D eigenvalue weighted by atomic mass is 19.1. The molecule has 0 spiro atoms. The van der Waals surface area contributed by atoms with Crippen molar-refractivity contribution >= 4 is 23.0 Å². The van der Waals surface area contributed by atoms with Gasteiger partial charge >= 0.3 is 6.09 Å². The molecule has 0 atom stereocenters. The topological polar surface area (TPSA) is 109 Å². The van der Waals surface area contributed by atoms with E-state index >= 15 is 0 Å². The first-order chi connectivity index (χ1) is 17.1. The molecule has 0 aliphatic carbocycles. The van der Waals surface area contributed by atoms with Gasteiger partial charge in [0.25, 0.3) is 5.91 Å². The molecule has 36 heavy (non-hydrogen) atoms. The molecule has 2 aromatic heterocycles. The van der Waals surface area contributed by atoms with Crippen LogP contribution in [0.15, 0.2) is 24.5 Å². The Morgan fingerprint density at radius 1 is 1.22 bits per heavy atom. The maximum atomic E-state index is 14.1. The number of hydrogen-bond donors (Lipinski definition) is 2. The van der Waals surface area contributed by atoms with E-state index in [9.17, 15) is 14.0 Å². The molecule has 192 valence electrons. The van der Waals surface area contributed by atoms with E-state index in [1.807, 2.05) is 27.7 Å². The average Bonchev–Trinajstić information content (AvgIpc) is 3.15. The molecule has 2 amide bonds. The molecule has 0 unspecified atom stereocenters. The number of likely N-dealkylation sites (tertiary alicyclic amines) is 1. The lowest BCUT2D eigenvalue weighted by Gasteiger charge is -2.33. The molecule has 0 radical (unpaired) electrons. The van der Waals surface area contributed by atoms with Crippen molar-refractivity contribution in [2.45, 2.75) is 59.1 Å². The summed E-state index contributed by atoms with van der Waals surface area (Å²) in [7, 11) is 0. The van der Waals surface area contributed by atoms with Gasteiger partial charge in [0.15, 0.2) is 0 Å². The number of amides is 2. The number of aryl methyl sites for hydroxylation is 1. The number of carbonyl (C=O) groups excluding carboxylic acids is 2. The number of piperidine rings is 1. The van der Waals surface area contributed by atoms with Crippen molar-refractivity contribution in [2.75, 3.05) is 19.7 Å². The minimum absolute atomic E-state index is 0.0883. The van der Waals surface area contributed by atoms with Crippen LogP contribution >= 0.6 is 0 Å². The number of aromatic nitrogens is 3. The highest BCUT2D eigenvalue weighted by Crippen LogP contribution is 2.35. The quantitative estimate of drug-likeness (QED) is 0.533. The number of hydrogen-bond acceptors (Lipinski definition) is 6. The lowest BCUT2D eigenvalue weighted by molar-refractivity contribution is 0.0199. The monoisotopic (exact) mass is 497 g/mol. The number of rotatable bonds is 5. The van der Waals surface area contributed by atoms with Crippen LogP contribution in [0, 0.1) is 12.7 Å². The molecule has 3 heterocycles. The lowest BCUT2D eigenvalue weighted by atomic mass is 10.0. The van der Waals surface area contributed by atoms with E-state index in [2.05, 4.69) is 20.3 Å². The number of ether oxygens (including phenoxy) is 2. The molecule has 1 fully saturated rings. The summed E-state index contributed by atoms with van der Waals surface area (Å²) in [6.07, 6.45) is 2.26. The van der Waals surface area contributed by atoms with Gasteiger partial charge in [-0.1, -0.05) is 0 Å². The second-order valence-corrected chi connectivity index (χ2v) is 9.86. The maximum absolute atomic E-state index is 14.1. The summed E-state index contributed by atoms with van der Waals surface area (Å²) in [6.45, 7) is 10.6. The Morgan fingerprint density at radius 2 is 1.94 bits per heavy atom. The second kappa shape index (κ2) is 10.1. The van der Waals surface area contributed by atoms with Crippen LogP contribution in [0.5, 0.6) is 5.75 Å². The molecule has 2 N–H and O–H groups in total. The average molecular weight is 498 g/mol. The molecule has 9 nitrogen and oxygen atoms in total. The Bertz CT molecular complexity index is 1280. The lowest BCUT2D eigenvalue weighted by Crippen LogP contribution is -2.47. The Labute approximate surface area is 209 Å². The molecule has 1 aromatic carbocycles. The molecule has 10 heteroatoms. The molecule has 4 rings (SSSR count). The second-order valence-electron chi connectivity index (χ2n) is 9.86. The molecular formula is C26H32FN5O4. The zero-order valence-electron chi connectivity index (χ0n) is 21.3. The van der Waals surface area contributed by atoms with Crippen LogP contribution in [0.3, 0.4) is 0 Å². The smallest absolute Gasteiger partial charge is 0.410 e. The van der Waals surface area contributed by atoms with Gasteiger partial charge in [0.1, 0.15) is 34.7 Å². The van der Waals surface area contributed by atoms with Gasteiger partial charge in [-0.3, -0.25) is 4.79 Å². The van der Waals surface area contributed by atoms with E-state index in [0.29, 0.717) is 71.8 Å². The number of nitrogens with one attached hydrogen (secondary N) is 2. The van der Waals surface area contributed by atoms with Crippen molar-refractivity contribution in [3.8, 4) is 17.0 Å². The van der Waals surface area contributed by atoms with Gasteiger partial charge < -0.3 is 24.7 Å². The predicted octanol–water partition coefficient (Wildman–Crippen LogP) is 4.60. The Balaban J connectivity index is 1.54. The number of benzene rings is 1. The molecule has 0 bridgehead atoms. The van der Waals surface area contributed by atoms with Crippen LogP contribution in [0.25, 0.3) is 22.3 Å². The van der Waals surface area contributed by atoms with Crippen molar-refractivity contribution in [3.05, 3.63) is 41.6 Å². The third-order valence-corrected chi connectivity index (χ3v) is 5.98. The SMILES string of the molecule is CCOc1ccc(F)cc1-c1ncnc2c(C(=O)NC3CCN(C(=O)OC(C)(C)C)CC3)c(C)[nH]c12. The number of H-pyrrole nitrogens is 1. The molecule has 3 aromatic rings. The first-order valence-corrected chi connectivity index (χ1v) is 12.1. The molecule has 1 saturated heterocycles. The van der Waals surface area contributed by atoms with E-state index in [4.69, 9.17) is 9.47 Å². The summed E-state index contributed by atoms with van der Waals surface area (Å²) in [4.78, 5) is 39.2. The van der Waals surface area contributed by atoms with Crippen molar-refractivity contribution in [2.24, 2.45) is 0 Å². The highest BCUT2D eigenvalue weighted by molar-refractivity contribution is 6.09. The first-order valence-electron chi connectivity index (χ1n) is 12.1. The fourth-order valence-corrected chi connectivity index (χ4v) is 4.36. The van der Waals surface area contributed by atoms with Crippen LogP contribution < -0.4 is 10.1 Å². The van der Waals surface area contributed by atoms with E-state index in [1.165, 1.54) is 18.5 Å². The predicted molar refractivity (Wildman–Crippen MR) is 133 cm³/mol. The summed E-state index contributed by atoms with van der Waals surface area (Å²) >= 11 is 0. The third kappa shape index (κ3) is 5.42. The summed E-state index contributed by atoms with van der Waals surface area (Å²) < 4.78 is 25.2. The van der Waals surface area contributed by atoms with Crippen molar-refractivity contribution < 1.29 is 23.5 Å². The van der Waals surface area contributed by atoms with Gasteiger partial charge in [-0.15, -0.1) is 0 Å². The van der Waals surface area contributed by atoms with Crippen LogP contribution in [-0.4, -0.2) is 63.2 Å². The minimum Gasteiger partial charge on any atom is -0.493 e. The first kappa shape index (κ1) is 25.4. The standard InChI is InChI=1S/C26H32FN5O4/c1-6-35-19-8-7-16(27)13-18(19)21-23-22(29-14-28-21)20(15(2)30-23)24(33)31-17-9-11-32(12-10-17)25(34)36-26(3,4)5/h7-8,13-14,17,30H,6,9-12H2,1-5H3,(H,31,33). The van der Waals surface area contributed by atoms with Gasteiger partial charge in [-0.2, -0.15) is 0 Å². The maximum Gasteiger partial charge on any atom is 0.410 e.